The quantitative estimate of drug-likeness (QED) is 0.358. The summed E-state index contributed by atoms with van der Waals surface area (Å²) in [5.74, 6) is 0.258. The summed E-state index contributed by atoms with van der Waals surface area (Å²) in [5, 5.41) is 21.9. The lowest BCUT2D eigenvalue weighted by Crippen LogP contribution is -2.24. The first kappa shape index (κ1) is 19.2. The van der Waals surface area contributed by atoms with E-state index in [0.29, 0.717) is 11.5 Å². The van der Waals surface area contributed by atoms with E-state index in [1.165, 1.54) is 19.2 Å². The van der Waals surface area contributed by atoms with Gasteiger partial charge in [0.05, 0.1) is 25.0 Å². The van der Waals surface area contributed by atoms with Crippen LogP contribution in [0.4, 0.5) is 5.69 Å². The molecule has 9 heteroatoms. The second kappa shape index (κ2) is 8.87. The zero-order valence-corrected chi connectivity index (χ0v) is 15.1. The fourth-order valence-electron chi connectivity index (χ4n) is 2.62. The number of aromatic nitrogens is 2. The minimum atomic E-state index is -0.474. The van der Waals surface area contributed by atoms with Crippen molar-refractivity contribution in [2.24, 2.45) is 0 Å². The Morgan fingerprint density at radius 1 is 1.18 bits per heavy atom. The Bertz CT molecular complexity index is 940. The van der Waals surface area contributed by atoms with Crippen LogP contribution in [0.1, 0.15) is 23.9 Å². The lowest BCUT2D eigenvalue weighted by Gasteiger charge is -2.17. The molecule has 1 unspecified atom stereocenters. The fraction of sp³-hybridized carbons (Fsp3) is 0.211. The molecule has 0 aliphatic heterocycles. The van der Waals surface area contributed by atoms with Crippen molar-refractivity contribution in [2.45, 2.75) is 19.0 Å². The number of nitro benzene ring substituents is 1. The molecule has 0 bridgehead atoms. The molecule has 2 aromatic carbocycles. The molecule has 0 aliphatic rings. The van der Waals surface area contributed by atoms with Gasteiger partial charge in [0.2, 0.25) is 11.8 Å². The summed E-state index contributed by atoms with van der Waals surface area (Å²) in [6, 6.07) is 15.1. The Morgan fingerprint density at radius 2 is 1.89 bits per heavy atom. The first-order valence-corrected chi connectivity index (χ1v) is 8.49. The molecular formula is C19H18N4O5. The normalized spacial score (nSPS) is 11.8. The number of nitrogens with one attached hydrogen (secondary N) is 1. The highest BCUT2D eigenvalue weighted by molar-refractivity contribution is 5.70. The molecular weight excluding hydrogens is 364 g/mol. The minimum absolute atomic E-state index is 0.0151. The van der Waals surface area contributed by atoms with Crippen LogP contribution in [0.2, 0.25) is 0 Å². The monoisotopic (exact) mass is 382 g/mol. The van der Waals surface area contributed by atoms with Crippen molar-refractivity contribution in [3.63, 3.8) is 0 Å². The Balaban J connectivity index is 1.69. The molecule has 0 saturated heterocycles. The summed E-state index contributed by atoms with van der Waals surface area (Å²) in [4.78, 5) is 22.0. The van der Waals surface area contributed by atoms with Gasteiger partial charge in [-0.15, -0.1) is 10.2 Å². The number of nitro groups is 1. The van der Waals surface area contributed by atoms with E-state index in [9.17, 15) is 14.9 Å². The van der Waals surface area contributed by atoms with Gasteiger partial charge in [0.15, 0.2) is 0 Å². The maximum Gasteiger partial charge on any atom is 0.307 e. The molecule has 1 heterocycles. The number of rotatable bonds is 8. The van der Waals surface area contributed by atoms with Gasteiger partial charge in [0.1, 0.15) is 0 Å². The van der Waals surface area contributed by atoms with Gasteiger partial charge in [-0.25, -0.2) is 0 Å². The molecule has 144 valence electrons. The van der Waals surface area contributed by atoms with Crippen molar-refractivity contribution in [3.8, 4) is 11.5 Å². The average Bonchev–Trinajstić information content (AvgIpc) is 3.20. The van der Waals surface area contributed by atoms with Crippen molar-refractivity contribution >= 4 is 11.7 Å². The highest BCUT2D eigenvalue weighted by Crippen LogP contribution is 2.22. The lowest BCUT2D eigenvalue weighted by atomic mass is 10.0. The highest BCUT2D eigenvalue weighted by Gasteiger charge is 2.18. The average molecular weight is 382 g/mol. The van der Waals surface area contributed by atoms with Crippen molar-refractivity contribution in [1.82, 2.24) is 15.5 Å². The van der Waals surface area contributed by atoms with E-state index in [0.717, 1.165) is 5.56 Å². The van der Waals surface area contributed by atoms with E-state index < -0.39 is 4.92 Å². The third-order valence-corrected chi connectivity index (χ3v) is 4.09. The molecule has 0 amide bonds. The smallest absolute Gasteiger partial charge is 0.307 e. The van der Waals surface area contributed by atoms with Crippen LogP contribution >= 0.6 is 0 Å². The zero-order valence-electron chi connectivity index (χ0n) is 15.1. The van der Waals surface area contributed by atoms with Crippen LogP contribution in [0.15, 0.2) is 59.0 Å². The van der Waals surface area contributed by atoms with Gasteiger partial charge in [-0.1, -0.05) is 30.3 Å². The summed E-state index contributed by atoms with van der Waals surface area (Å²) < 4.78 is 10.4. The van der Waals surface area contributed by atoms with Crippen LogP contribution in [0, 0.1) is 10.1 Å². The van der Waals surface area contributed by atoms with E-state index >= 15 is 0 Å². The number of methoxy groups -OCH3 is 1. The summed E-state index contributed by atoms with van der Waals surface area (Å²) in [7, 11) is 1.35. The summed E-state index contributed by atoms with van der Waals surface area (Å²) in [5.41, 5.74) is 1.50. The van der Waals surface area contributed by atoms with Crippen LogP contribution in [0.3, 0.4) is 0 Å². The van der Waals surface area contributed by atoms with Gasteiger partial charge >= 0.3 is 5.97 Å². The largest absolute Gasteiger partial charge is 0.469 e. The number of ether oxygens (including phenoxy) is 1. The van der Waals surface area contributed by atoms with Crippen LogP contribution in [-0.4, -0.2) is 28.2 Å². The van der Waals surface area contributed by atoms with Crippen LogP contribution in [0.5, 0.6) is 0 Å². The molecule has 0 spiro atoms. The second-order valence-electron chi connectivity index (χ2n) is 5.93. The SMILES string of the molecule is COC(=O)CC(NCc1nnc(-c2ccc([N+](=O)[O-])cc2)o1)c1ccccc1. The minimum Gasteiger partial charge on any atom is -0.469 e. The Hall–Kier alpha value is -3.59. The molecule has 3 rings (SSSR count). The number of esters is 1. The maximum absolute atomic E-state index is 11.7. The lowest BCUT2D eigenvalue weighted by molar-refractivity contribution is -0.384. The van der Waals surface area contributed by atoms with Crippen molar-refractivity contribution in [1.29, 1.82) is 0 Å². The van der Waals surface area contributed by atoms with Gasteiger partial charge in [0, 0.05) is 23.7 Å². The van der Waals surface area contributed by atoms with E-state index in [2.05, 4.69) is 15.5 Å². The Morgan fingerprint density at radius 3 is 2.54 bits per heavy atom. The van der Waals surface area contributed by atoms with Crippen LogP contribution < -0.4 is 5.32 Å². The number of carbonyl (C=O) groups is 1. The first-order valence-electron chi connectivity index (χ1n) is 8.49. The number of hydrogen-bond donors (Lipinski definition) is 1. The Kier molecular flexibility index (Phi) is 6.07. The molecule has 9 nitrogen and oxygen atoms in total. The highest BCUT2D eigenvalue weighted by atomic mass is 16.6. The fourth-order valence-corrected chi connectivity index (χ4v) is 2.62. The third kappa shape index (κ3) is 4.77. The molecule has 3 aromatic rings. The van der Waals surface area contributed by atoms with E-state index in [-0.39, 0.29) is 36.6 Å². The van der Waals surface area contributed by atoms with Gasteiger partial charge in [-0.2, -0.15) is 0 Å². The van der Waals surface area contributed by atoms with E-state index in [4.69, 9.17) is 9.15 Å². The standard InChI is InChI=1S/C19H18N4O5/c1-27-18(24)11-16(13-5-3-2-4-6-13)20-12-17-21-22-19(28-17)14-7-9-15(10-8-14)23(25)26/h2-10,16,20H,11-12H2,1H3. The predicted molar refractivity (Wildman–Crippen MR) is 99.0 cm³/mol. The van der Waals surface area contributed by atoms with Gasteiger partial charge < -0.3 is 14.5 Å². The third-order valence-electron chi connectivity index (χ3n) is 4.09. The molecule has 1 aromatic heterocycles. The molecule has 0 fully saturated rings. The van der Waals surface area contributed by atoms with Crippen LogP contribution in [0.25, 0.3) is 11.5 Å². The maximum atomic E-state index is 11.7. The van der Waals surface area contributed by atoms with Crippen molar-refractivity contribution in [2.75, 3.05) is 7.11 Å². The molecule has 0 radical (unpaired) electrons. The summed E-state index contributed by atoms with van der Waals surface area (Å²) in [6.07, 6.45) is 0.157. The van der Waals surface area contributed by atoms with Gasteiger partial charge in [0.25, 0.3) is 5.69 Å². The molecule has 1 N–H and O–H groups in total. The van der Waals surface area contributed by atoms with Gasteiger partial charge in [-0.3, -0.25) is 14.9 Å². The van der Waals surface area contributed by atoms with E-state index in [1.807, 2.05) is 30.3 Å². The summed E-state index contributed by atoms with van der Waals surface area (Å²) >= 11 is 0. The van der Waals surface area contributed by atoms with Crippen molar-refractivity contribution < 1.29 is 18.9 Å². The first-order chi connectivity index (χ1) is 13.6. The zero-order chi connectivity index (χ0) is 19.9. The number of benzene rings is 2. The number of hydrogen-bond acceptors (Lipinski definition) is 8. The topological polar surface area (TPSA) is 120 Å². The molecule has 28 heavy (non-hydrogen) atoms. The number of carbonyl (C=O) groups excluding carboxylic acids is 1. The number of nitrogens with zero attached hydrogens (tertiary/aromatic N) is 3. The summed E-state index contributed by atoms with van der Waals surface area (Å²) in [6.45, 7) is 0.247. The van der Waals surface area contributed by atoms with Crippen LogP contribution in [-0.2, 0) is 16.1 Å². The second-order valence-corrected chi connectivity index (χ2v) is 5.93. The van der Waals surface area contributed by atoms with E-state index in [1.54, 1.807) is 12.1 Å². The molecule has 0 aliphatic carbocycles. The number of non-ortho nitro benzene ring substituents is 1. The molecule has 0 saturated carbocycles. The predicted octanol–water partition coefficient (Wildman–Crippen LogP) is 3.04. The van der Waals surface area contributed by atoms with Gasteiger partial charge in [-0.05, 0) is 17.7 Å². The van der Waals surface area contributed by atoms with Crippen molar-refractivity contribution in [3.05, 3.63) is 76.2 Å². The molecule has 1 atom stereocenters. The Labute approximate surface area is 160 Å².